The topological polar surface area (TPSA) is 72.9 Å². The van der Waals surface area contributed by atoms with Crippen LogP contribution in [0.2, 0.25) is 0 Å². The summed E-state index contributed by atoms with van der Waals surface area (Å²) < 4.78 is 25.4. The molecule has 4 rings (SSSR count). The summed E-state index contributed by atoms with van der Waals surface area (Å²) in [5.74, 6) is -1.08. The van der Waals surface area contributed by atoms with Crippen LogP contribution in [-0.2, 0) is 11.3 Å². The first-order chi connectivity index (χ1) is 16.4. The Balaban J connectivity index is 1.53. The lowest BCUT2D eigenvalue weighted by atomic mass is 10.1. The van der Waals surface area contributed by atoms with E-state index in [9.17, 15) is 18.8 Å². The quantitative estimate of drug-likeness (QED) is 0.215. The average Bonchev–Trinajstić information content (AvgIpc) is 3.08. The number of hydrogen-bond donors (Lipinski definition) is 0. The normalized spacial score (nSPS) is 14.6. The Morgan fingerprint density at radius 1 is 1.06 bits per heavy atom. The van der Waals surface area contributed by atoms with E-state index in [1.54, 1.807) is 54.6 Å². The Hall–Kier alpha value is -3.43. The third-order valence-electron chi connectivity index (χ3n) is 4.94. The van der Waals surface area contributed by atoms with Crippen molar-refractivity contribution in [1.29, 1.82) is 0 Å². The van der Waals surface area contributed by atoms with Crippen molar-refractivity contribution in [1.82, 2.24) is 4.90 Å². The zero-order valence-corrected chi connectivity index (χ0v) is 20.2. The molecule has 1 heterocycles. The lowest BCUT2D eigenvalue weighted by molar-refractivity contribution is -0.123. The van der Waals surface area contributed by atoms with Gasteiger partial charge >= 0.3 is 5.97 Å². The minimum Gasteiger partial charge on any atom is -0.493 e. The van der Waals surface area contributed by atoms with E-state index in [2.05, 4.69) is 15.9 Å². The number of ether oxygens (including phenoxy) is 2. The highest BCUT2D eigenvalue weighted by atomic mass is 79.9. The van der Waals surface area contributed by atoms with Gasteiger partial charge in [-0.05, 0) is 69.7 Å². The lowest BCUT2D eigenvalue weighted by Gasteiger charge is -2.13. The fraction of sp³-hybridized carbons (Fsp3) is 0.0800. The molecule has 0 radical (unpaired) electrons. The number of thioether (sulfide) groups is 1. The Morgan fingerprint density at radius 3 is 2.53 bits per heavy atom. The zero-order chi connectivity index (χ0) is 24.2. The largest absolute Gasteiger partial charge is 0.493 e. The summed E-state index contributed by atoms with van der Waals surface area (Å²) in [6.45, 7) is -0.151. The van der Waals surface area contributed by atoms with Crippen molar-refractivity contribution in [3.63, 3.8) is 0 Å². The van der Waals surface area contributed by atoms with Gasteiger partial charge in [0.25, 0.3) is 11.1 Å². The Kier molecular flexibility index (Phi) is 7.14. The van der Waals surface area contributed by atoms with E-state index in [4.69, 9.17) is 9.47 Å². The highest BCUT2D eigenvalue weighted by molar-refractivity contribution is 9.10. The van der Waals surface area contributed by atoms with Crippen LogP contribution in [-0.4, -0.2) is 29.1 Å². The van der Waals surface area contributed by atoms with E-state index in [0.29, 0.717) is 15.6 Å². The smallest absolute Gasteiger partial charge is 0.344 e. The van der Waals surface area contributed by atoms with Crippen molar-refractivity contribution in [2.45, 2.75) is 6.54 Å². The number of imide groups is 1. The van der Waals surface area contributed by atoms with Gasteiger partial charge in [0.05, 0.1) is 24.1 Å². The fourth-order valence-corrected chi connectivity index (χ4v) is 4.51. The summed E-state index contributed by atoms with van der Waals surface area (Å²) in [4.78, 5) is 38.9. The summed E-state index contributed by atoms with van der Waals surface area (Å²) in [5.41, 5.74) is 1.18. The number of esters is 1. The standard InChI is InChI=1S/C25H17BrFNO5S/c1-32-21-12-15(10-11-20(21)33-24(30)17-7-3-4-8-18(17)26)13-22-23(29)28(25(31)34-22)14-16-6-2-5-9-19(16)27/h2-13H,14H2,1H3/b22-13-. The molecule has 0 spiro atoms. The van der Waals surface area contributed by atoms with E-state index in [1.807, 2.05) is 0 Å². The van der Waals surface area contributed by atoms with Crippen LogP contribution in [0, 0.1) is 5.82 Å². The monoisotopic (exact) mass is 541 g/mol. The maximum absolute atomic E-state index is 14.0. The maximum atomic E-state index is 14.0. The van der Waals surface area contributed by atoms with Gasteiger partial charge in [-0.2, -0.15) is 0 Å². The van der Waals surface area contributed by atoms with Crippen molar-refractivity contribution >= 4 is 50.9 Å². The van der Waals surface area contributed by atoms with Crippen molar-refractivity contribution in [2.24, 2.45) is 0 Å². The molecule has 0 aliphatic carbocycles. The molecule has 172 valence electrons. The first-order valence-electron chi connectivity index (χ1n) is 10.0. The molecule has 34 heavy (non-hydrogen) atoms. The number of amides is 2. The van der Waals surface area contributed by atoms with E-state index < -0.39 is 22.9 Å². The zero-order valence-electron chi connectivity index (χ0n) is 17.8. The van der Waals surface area contributed by atoms with Crippen LogP contribution < -0.4 is 9.47 Å². The molecule has 1 saturated heterocycles. The molecule has 0 aromatic heterocycles. The highest BCUT2D eigenvalue weighted by Crippen LogP contribution is 2.36. The second-order valence-corrected chi connectivity index (χ2v) is 8.99. The molecule has 3 aromatic rings. The van der Waals surface area contributed by atoms with Crippen molar-refractivity contribution in [3.8, 4) is 11.5 Å². The summed E-state index contributed by atoms with van der Waals surface area (Å²) in [6.07, 6.45) is 1.54. The van der Waals surface area contributed by atoms with Crippen LogP contribution in [0.5, 0.6) is 11.5 Å². The van der Waals surface area contributed by atoms with Crippen LogP contribution in [0.1, 0.15) is 21.5 Å². The van der Waals surface area contributed by atoms with Gasteiger partial charge in [-0.1, -0.05) is 36.4 Å². The van der Waals surface area contributed by atoms with Gasteiger partial charge in [0, 0.05) is 10.0 Å². The number of benzene rings is 3. The number of rotatable bonds is 6. The minimum absolute atomic E-state index is 0.151. The van der Waals surface area contributed by atoms with Crippen LogP contribution in [0.3, 0.4) is 0 Å². The van der Waals surface area contributed by atoms with Gasteiger partial charge in [-0.15, -0.1) is 0 Å². The first-order valence-corrected chi connectivity index (χ1v) is 11.6. The van der Waals surface area contributed by atoms with Crippen molar-refractivity contribution < 1.29 is 28.2 Å². The van der Waals surface area contributed by atoms with Crippen LogP contribution >= 0.6 is 27.7 Å². The molecule has 1 aliphatic heterocycles. The van der Waals surface area contributed by atoms with E-state index in [0.717, 1.165) is 16.7 Å². The molecule has 9 heteroatoms. The molecule has 0 bridgehead atoms. The van der Waals surface area contributed by atoms with Gasteiger partial charge in [-0.25, -0.2) is 9.18 Å². The highest BCUT2D eigenvalue weighted by Gasteiger charge is 2.35. The SMILES string of the molecule is COc1cc(/C=C2\SC(=O)N(Cc3ccccc3F)C2=O)ccc1OC(=O)c1ccccc1Br. The van der Waals surface area contributed by atoms with Crippen molar-refractivity contribution in [3.05, 3.63) is 98.6 Å². The van der Waals surface area contributed by atoms with Gasteiger partial charge in [-0.3, -0.25) is 14.5 Å². The lowest BCUT2D eigenvalue weighted by Crippen LogP contribution is -2.27. The predicted octanol–water partition coefficient (Wildman–Crippen LogP) is 6.05. The van der Waals surface area contributed by atoms with Gasteiger partial charge in [0.1, 0.15) is 5.82 Å². The number of nitrogens with zero attached hydrogens (tertiary/aromatic N) is 1. The third kappa shape index (κ3) is 5.05. The second-order valence-electron chi connectivity index (χ2n) is 7.14. The molecule has 1 fully saturated rings. The van der Waals surface area contributed by atoms with E-state index in [1.165, 1.54) is 25.3 Å². The Labute approximate surface area is 207 Å². The number of carbonyl (C=O) groups is 3. The van der Waals surface area contributed by atoms with Crippen LogP contribution in [0.4, 0.5) is 9.18 Å². The molecule has 0 saturated carbocycles. The molecule has 0 atom stereocenters. The minimum atomic E-state index is -0.562. The predicted molar refractivity (Wildman–Crippen MR) is 130 cm³/mol. The fourth-order valence-electron chi connectivity index (χ4n) is 3.22. The molecule has 2 amide bonds. The molecule has 0 unspecified atom stereocenters. The molecule has 3 aromatic carbocycles. The number of hydrogen-bond acceptors (Lipinski definition) is 6. The maximum Gasteiger partial charge on any atom is 0.344 e. The third-order valence-corrected chi connectivity index (χ3v) is 6.54. The molecular formula is C25H17BrFNO5S. The number of carbonyl (C=O) groups excluding carboxylic acids is 3. The Morgan fingerprint density at radius 2 is 1.79 bits per heavy atom. The molecule has 0 N–H and O–H groups in total. The van der Waals surface area contributed by atoms with Gasteiger partial charge in [0.2, 0.25) is 0 Å². The van der Waals surface area contributed by atoms with Gasteiger partial charge < -0.3 is 9.47 Å². The molecular weight excluding hydrogens is 525 g/mol. The van der Waals surface area contributed by atoms with Crippen molar-refractivity contribution in [2.75, 3.05) is 7.11 Å². The molecule has 1 aliphatic rings. The number of methoxy groups -OCH3 is 1. The summed E-state index contributed by atoms with van der Waals surface area (Å²) in [5, 5.41) is -0.481. The Bertz CT molecular complexity index is 1330. The summed E-state index contributed by atoms with van der Waals surface area (Å²) in [7, 11) is 1.43. The molecule has 6 nitrogen and oxygen atoms in total. The average molecular weight is 542 g/mol. The number of halogens is 2. The summed E-state index contributed by atoms with van der Waals surface area (Å²) >= 11 is 4.09. The van der Waals surface area contributed by atoms with Crippen LogP contribution in [0.25, 0.3) is 6.08 Å². The van der Waals surface area contributed by atoms with Gasteiger partial charge in [0.15, 0.2) is 11.5 Å². The van der Waals surface area contributed by atoms with Crippen LogP contribution in [0.15, 0.2) is 76.1 Å². The van der Waals surface area contributed by atoms with E-state index >= 15 is 0 Å². The summed E-state index contributed by atoms with van der Waals surface area (Å²) in [6, 6.07) is 17.6. The van der Waals surface area contributed by atoms with E-state index in [-0.39, 0.29) is 28.5 Å². The second kappa shape index (κ2) is 10.2. The first kappa shape index (κ1) is 23.7.